The number of hydrogen-bond acceptors (Lipinski definition) is 4. The first-order valence-electron chi connectivity index (χ1n) is 7.93. The number of anilines is 1. The third kappa shape index (κ3) is 4.06. The number of carbonyl (C=O) groups excluding carboxylic acids is 1. The molecule has 2 aromatic heterocycles. The van der Waals surface area contributed by atoms with E-state index >= 15 is 0 Å². The molecule has 1 amide bonds. The summed E-state index contributed by atoms with van der Waals surface area (Å²) in [5.41, 5.74) is 1.84. The zero-order valence-electron chi connectivity index (χ0n) is 14.1. The van der Waals surface area contributed by atoms with Crippen LogP contribution < -0.4 is 5.32 Å². The number of amides is 1. The number of rotatable bonds is 6. The zero-order valence-corrected chi connectivity index (χ0v) is 14.8. The van der Waals surface area contributed by atoms with Crippen LogP contribution in [0.2, 0.25) is 5.02 Å². The average molecular weight is 359 g/mol. The van der Waals surface area contributed by atoms with Gasteiger partial charge < -0.3 is 5.32 Å². The Labute approximate surface area is 150 Å². The summed E-state index contributed by atoms with van der Waals surface area (Å²) >= 11 is 6.22. The first-order chi connectivity index (χ1) is 12.0. The summed E-state index contributed by atoms with van der Waals surface area (Å²) in [6.45, 7) is 4.71. The predicted octanol–water partition coefficient (Wildman–Crippen LogP) is 2.76. The minimum atomic E-state index is -0.259. The van der Waals surface area contributed by atoms with Gasteiger partial charge >= 0.3 is 0 Å². The molecule has 25 heavy (non-hydrogen) atoms. The molecule has 0 aliphatic heterocycles. The van der Waals surface area contributed by atoms with E-state index in [0.29, 0.717) is 23.9 Å². The maximum absolute atomic E-state index is 12.5. The van der Waals surface area contributed by atoms with Crippen molar-refractivity contribution in [3.05, 3.63) is 59.3 Å². The molecule has 0 fully saturated rings. The van der Waals surface area contributed by atoms with Crippen LogP contribution >= 0.6 is 11.6 Å². The van der Waals surface area contributed by atoms with E-state index in [1.54, 1.807) is 21.9 Å². The highest BCUT2D eigenvalue weighted by molar-refractivity contribution is 6.31. The Balaban J connectivity index is 1.73. The van der Waals surface area contributed by atoms with Crippen LogP contribution in [0.5, 0.6) is 0 Å². The van der Waals surface area contributed by atoms with Crippen LogP contribution in [0.25, 0.3) is 0 Å². The summed E-state index contributed by atoms with van der Waals surface area (Å²) in [7, 11) is 0. The number of aromatic nitrogens is 5. The van der Waals surface area contributed by atoms with Crippen LogP contribution in [-0.2, 0) is 17.9 Å². The number of nitrogens with one attached hydrogen (secondary N) is 1. The summed E-state index contributed by atoms with van der Waals surface area (Å²) in [5.74, 6) is 0.319. The molecule has 7 nitrogen and oxygen atoms in total. The van der Waals surface area contributed by atoms with Crippen molar-refractivity contribution in [3.63, 3.8) is 0 Å². The van der Waals surface area contributed by atoms with E-state index in [4.69, 9.17) is 11.6 Å². The molecule has 0 saturated carbocycles. The van der Waals surface area contributed by atoms with E-state index in [1.165, 1.54) is 6.33 Å². The summed E-state index contributed by atoms with van der Waals surface area (Å²) in [4.78, 5) is 16.4. The maximum Gasteiger partial charge on any atom is 0.230 e. The van der Waals surface area contributed by atoms with Crippen molar-refractivity contribution in [1.29, 1.82) is 0 Å². The van der Waals surface area contributed by atoms with Gasteiger partial charge in [0.15, 0.2) is 0 Å². The molecule has 3 aromatic rings. The van der Waals surface area contributed by atoms with Crippen LogP contribution in [0.4, 0.5) is 5.82 Å². The second-order valence-corrected chi connectivity index (χ2v) is 6.34. The van der Waals surface area contributed by atoms with Gasteiger partial charge in [-0.25, -0.2) is 9.67 Å². The Morgan fingerprint density at radius 1 is 1.32 bits per heavy atom. The van der Waals surface area contributed by atoms with Gasteiger partial charge in [0.25, 0.3) is 0 Å². The number of halogens is 1. The highest BCUT2D eigenvalue weighted by Gasteiger charge is 2.18. The van der Waals surface area contributed by atoms with E-state index in [1.807, 2.05) is 38.1 Å². The van der Waals surface area contributed by atoms with Crippen LogP contribution in [-0.4, -0.2) is 30.5 Å². The number of nitrogens with zero attached hydrogens (tertiary/aromatic N) is 5. The summed E-state index contributed by atoms with van der Waals surface area (Å²) in [6, 6.07) is 7.59. The fraction of sp³-hybridized carbons (Fsp3) is 0.294. The number of aryl methyl sites for hydroxylation is 1. The molecule has 1 unspecified atom stereocenters. The van der Waals surface area contributed by atoms with Crippen molar-refractivity contribution < 1.29 is 4.79 Å². The van der Waals surface area contributed by atoms with Gasteiger partial charge in [-0.15, -0.1) is 0 Å². The molecule has 1 atom stereocenters. The van der Waals surface area contributed by atoms with Crippen molar-refractivity contribution in [2.24, 2.45) is 5.92 Å². The number of hydrogen-bond donors (Lipinski definition) is 1. The molecule has 1 aromatic carbocycles. The summed E-state index contributed by atoms with van der Waals surface area (Å²) < 4.78 is 3.38. The zero-order chi connectivity index (χ0) is 17.8. The Morgan fingerprint density at radius 3 is 2.84 bits per heavy atom. The summed E-state index contributed by atoms with van der Waals surface area (Å²) in [6.07, 6.45) is 4.78. The van der Waals surface area contributed by atoms with Gasteiger partial charge in [0.1, 0.15) is 18.5 Å². The van der Waals surface area contributed by atoms with E-state index in [0.717, 1.165) is 11.1 Å². The molecule has 0 saturated heterocycles. The van der Waals surface area contributed by atoms with Gasteiger partial charge in [-0.1, -0.05) is 36.7 Å². The Morgan fingerprint density at radius 2 is 2.12 bits per heavy atom. The second-order valence-electron chi connectivity index (χ2n) is 5.93. The molecular formula is C17H19ClN6O. The Kier molecular flexibility index (Phi) is 5.14. The molecule has 3 rings (SSSR count). The topological polar surface area (TPSA) is 77.6 Å². The smallest absolute Gasteiger partial charge is 0.230 e. The minimum Gasteiger partial charge on any atom is -0.310 e. The summed E-state index contributed by atoms with van der Waals surface area (Å²) in [5, 5.41) is 12.0. The van der Waals surface area contributed by atoms with Crippen molar-refractivity contribution >= 4 is 23.3 Å². The minimum absolute atomic E-state index is 0.0977. The maximum atomic E-state index is 12.5. The largest absolute Gasteiger partial charge is 0.310 e. The van der Waals surface area contributed by atoms with E-state index in [-0.39, 0.29) is 11.8 Å². The second kappa shape index (κ2) is 7.48. The molecular weight excluding hydrogens is 340 g/mol. The Hall–Kier alpha value is -2.67. The molecule has 0 spiro atoms. The van der Waals surface area contributed by atoms with Crippen LogP contribution in [0.3, 0.4) is 0 Å². The number of benzene rings is 1. The first-order valence-corrected chi connectivity index (χ1v) is 8.31. The molecule has 0 radical (unpaired) electrons. The third-order valence-electron chi connectivity index (χ3n) is 3.92. The predicted molar refractivity (Wildman–Crippen MR) is 95.3 cm³/mol. The molecule has 130 valence electrons. The van der Waals surface area contributed by atoms with Gasteiger partial charge in [0, 0.05) is 10.6 Å². The van der Waals surface area contributed by atoms with Crippen molar-refractivity contribution in [2.45, 2.75) is 26.9 Å². The third-order valence-corrected chi connectivity index (χ3v) is 4.29. The van der Waals surface area contributed by atoms with Gasteiger partial charge in [-0.05, 0) is 18.6 Å². The SMILES string of the molecule is Cc1cnn(Cc2ccccc2Cl)c1NC(=O)C(C)Cn1cncn1. The van der Waals surface area contributed by atoms with Crippen LogP contribution in [0.1, 0.15) is 18.1 Å². The highest BCUT2D eigenvalue weighted by atomic mass is 35.5. The van der Waals surface area contributed by atoms with Gasteiger partial charge in [-0.2, -0.15) is 10.2 Å². The lowest BCUT2D eigenvalue weighted by molar-refractivity contribution is -0.119. The van der Waals surface area contributed by atoms with Crippen molar-refractivity contribution in [1.82, 2.24) is 24.5 Å². The van der Waals surface area contributed by atoms with Gasteiger partial charge in [-0.3, -0.25) is 9.48 Å². The van der Waals surface area contributed by atoms with E-state index in [9.17, 15) is 4.79 Å². The Bertz CT molecular complexity index is 858. The van der Waals surface area contributed by atoms with Gasteiger partial charge in [0.05, 0.1) is 25.2 Å². The lowest BCUT2D eigenvalue weighted by Gasteiger charge is -2.14. The van der Waals surface area contributed by atoms with Crippen LogP contribution in [0, 0.1) is 12.8 Å². The fourth-order valence-corrected chi connectivity index (χ4v) is 2.68. The molecule has 0 bridgehead atoms. The van der Waals surface area contributed by atoms with Crippen molar-refractivity contribution in [3.8, 4) is 0 Å². The molecule has 8 heteroatoms. The van der Waals surface area contributed by atoms with Crippen molar-refractivity contribution in [2.75, 3.05) is 5.32 Å². The normalized spacial score (nSPS) is 12.1. The lowest BCUT2D eigenvalue weighted by atomic mass is 10.1. The van der Waals surface area contributed by atoms with E-state index < -0.39 is 0 Å². The quantitative estimate of drug-likeness (QED) is 0.735. The molecule has 2 heterocycles. The monoisotopic (exact) mass is 358 g/mol. The van der Waals surface area contributed by atoms with Crippen LogP contribution in [0.15, 0.2) is 43.1 Å². The molecule has 0 aliphatic carbocycles. The lowest BCUT2D eigenvalue weighted by Crippen LogP contribution is -2.26. The molecule has 1 N–H and O–H groups in total. The average Bonchev–Trinajstić information content (AvgIpc) is 3.21. The molecule has 0 aliphatic rings. The van der Waals surface area contributed by atoms with Gasteiger partial charge in [0.2, 0.25) is 5.91 Å². The highest BCUT2D eigenvalue weighted by Crippen LogP contribution is 2.21. The number of carbonyl (C=O) groups is 1. The fourth-order valence-electron chi connectivity index (χ4n) is 2.48. The van der Waals surface area contributed by atoms with E-state index in [2.05, 4.69) is 20.5 Å². The first kappa shape index (κ1) is 17.2. The standard InChI is InChI=1S/C17H19ClN6O/c1-12-7-20-24(9-14-5-3-4-6-15(14)18)16(12)22-17(25)13(2)8-23-11-19-10-21-23/h3-7,10-11,13H,8-9H2,1-2H3,(H,22,25).